The van der Waals surface area contributed by atoms with Gasteiger partial charge in [-0.25, -0.2) is 4.79 Å². The van der Waals surface area contributed by atoms with Crippen LogP contribution in [-0.2, 0) is 19.1 Å². The molecule has 2 N–H and O–H groups in total. The van der Waals surface area contributed by atoms with E-state index in [9.17, 15) is 18.0 Å². The molecule has 4 nitrogen and oxygen atoms in total. The lowest BCUT2D eigenvalue weighted by atomic mass is 10.1. The number of benzene rings is 1. The average molecular weight is 324 g/mol. The Morgan fingerprint density at radius 1 is 1.22 bits per heavy atom. The van der Waals surface area contributed by atoms with Crippen LogP contribution in [-0.4, -0.2) is 22.6 Å². The molecule has 0 aliphatic heterocycles. The highest BCUT2D eigenvalue weighted by atomic mass is 19.4. The number of carbonyl (C=O) groups is 1. The fourth-order valence-electron chi connectivity index (χ4n) is 2.05. The van der Waals surface area contributed by atoms with Crippen molar-refractivity contribution in [1.82, 2.24) is 10.3 Å². The van der Waals surface area contributed by atoms with E-state index < -0.39 is 17.7 Å². The molecule has 0 aliphatic rings. The molecule has 1 aromatic carbocycles. The minimum Gasteiger partial charge on any atom is -0.478 e. The summed E-state index contributed by atoms with van der Waals surface area (Å²) in [5, 5.41) is 12.0. The van der Waals surface area contributed by atoms with Crippen molar-refractivity contribution in [2.75, 3.05) is 6.54 Å². The number of hydrogen-bond acceptors (Lipinski definition) is 3. The Bertz CT molecular complexity index is 687. The van der Waals surface area contributed by atoms with Crippen molar-refractivity contribution < 1.29 is 23.1 Å². The standard InChI is InChI=1S/C16H15F3N2O2/c17-16(18,19)13-4-7-21-14(9-13)5-6-20-10-11-2-1-3-12(8-11)15(22)23/h1-4,7-9,20H,5-6,10H2,(H,22,23). The molecule has 0 fully saturated rings. The van der Waals surface area contributed by atoms with Gasteiger partial charge in [0.25, 0.3) is 0 Å². The molecule has 2 aromatic rings. The first-order valence-electron chi connectivity index (χ1n) is 6.91. The van der Waals surface area contributed by atoms with E-state index in [0.717, 1.165) is 23.9 Å². The van der Waals surface area contributed by atoms with Gasteiger partial charge in [0.2, 0.25) is 0 Å². The van der Waals surface area contributed by atoms with Crippen LogP contribution in [0.3, 0.4) is 0 Å². The van der Waals surface area contributed by atoms with Crippen LogP contribution in [0.15, 0.2) is 42.6 Å². The molecule has 0 saturated carbocycles. The Balaban J connectivity index is 1.86. The zero-order valence-electron chi connectivity index (χ0n) is 12.1. The fraction of sp³-hybridized carbons (Fsp3) is 0.250. The second-order valence-electron chi connectivity index (χ2n) is 4.97. The average Bonchev–Trinajstić information content (AvgIpc) is 2.51. The SMILES string of the molecule is O=C(O)c1cccc(CNCCc2cc(C(F)(F)F)ccn2)c1. The summed E-state index contributed by atoms with van der Waals surface area (Å²) in [4.78, 5) is 14.8. The van der Waals surface area contributed by atoms with E-state index in [0.29, 0.717) is 25.2 Å². The summed E-state index contributed by atoms with van der Waals surface area (Å²) in [7, 11) is 0. The van der Waals surface area contributed by atoms with Gasteiger partial charge in [-0.1, -0.05) is 12.1 Å². The number of carboxylic acid groups (broad SMARTS) is 1. The maximum absolute atomic E-state index is 12.6. The van der Waals surface area contributed by atoms with Crippen LogP contribution in [0, 0.1) is 0 Å². The number of pyridine rings is 1. The number of nitrogens with zero attached hydrogens (tertiary/aromatic N) is 1. The van der Waals surface area contributed by atoms with E-state index in [1.54, 1.807) is 18.2 Å². The minimum absolute atomic E-state index is 0.198. The van der Waals surface area contributed by atoms with Gasteiger partial charge in [0.1, 0.15) is 0 Å². The highest BCUT2D eigenvalue weighted by molar-refractivity contribution is 5.87. The summed E-state index contributed by atoms with van der Waals surface area (Å²) in [6.07, 6.45) is -2.88. The number of nitrogens with one attached hydrogen (secondary N) is 1. The highest BCUT2D eigenvalue weighted by Crippen LogP contribution is 2.28. The van der Waals surface area contributed by atoms with Crippen LogP contribution < -0.4 is 5.32 Å². The molecule has 1 heterocycles. The molecule has 0 saturated heterocycles. The van der Waals surface area contributed by atoms with Crippen molar-refractivity contribution in [3.8, 4) is 0 Å². The number of hydrogen-bond donors (Lipinski definition) is 2. The van der Waals surface area contributed by atoms with E-state index in [-0.39, 0.29) is 5.56 Å². The van der Waals surface area contributed by atoms with E-state index >= 15 is 0 Å². The second-order valence-corrected chi connectivity index (χ2v) is 4.97. The summed E-state index contributed by atoms with van der Waals surface area (Å²) in [5.74, 6) is -1.000. The van der Waals surface area contributed by atoms with Gasteiger partial charge >= 0.3 is 12.1 Å². The summed E-state index contributed by atoms with van der Waals surface area (Å²) < 4.78 is 37.8. The first kappa shape index (κ1) is 17.0. The van der Waals surface area contributed by atoms with Crippen LogP contribution in [0.25, 0.3) is 0 Å². The van der Waals surface area contributed by atoms with E-state index in [4.69, 9.17) is 5.11 Å². The Morgan fingerprint density at radius 3 is 2.70 bits per heavy atom. The number of carboxylic acids is 1. The molecule has 0 spiro atoms. The van der Waals surface area contributed by atoms with Gasteiger partial charge in [0.15, 0.2) is 0 Å². The van der Waals surface area contributed by atoms with E-state index in [2.05, 4.69) is 10.3 Å². The maximum atomic E-state index is 12.6. The van der Waals surface area contributed by atoms with Crippen LogP contribution >= 0.6 is 0 Å². The van der Waals surface area contributed by atoms with Crippen molar-refractivity contribution in [3.63, 3.8) is 0 Å². The summed E-state index contributed by atoms with van der Waals surface area (Å²) in [6, 6.07) is 8.45. The molecule has 0 bridgehead atoms. The number of alkyl halides is 3. The smallest absolute Gasteiger partial charge is 0.416 e. The van der Waals surface area contributed by atoms with Crippen molar-refractivity contribution in [1.29, 1.82) is 0 Å². The molecule has 1 aromatic heterocycles. The van der Waals surface area contributed by atoms with Crippen LogP contribution in [0.5, 0.6) is 0 Å². The normalized spacial score (nSPS) is 11.4. The minimum atomic E-state index is -4.37. The maximum Gasteiger partial charge on any atom is 0.416 e. The lowest BCUT2D eigenvalue weighted by Crippen LogP contribution is -2.18. The highest BCUT2D eigenvalue weighted by Gasteiger charge is 2.30. The number of halogens is 3. The summed E-state index contributed by atoms with van der Waals surface area (Å²) >= 11 is 0. The van der Waals surface area contributed by atoms with Crippen molar-refractivity contribution in [2.24, 2.45) is 0 Å². The van der Waals surface area contributed by atoms with Gasteiger partial charge in [-0.3, -0.25) is 4.98 Å². The predicted octanol–water partition coefficient (Wildman–Crippen LogP) is 3.13. The van der Waals surface area contributed by atoms with Crippen LogP contribution in [0.1, 0.15) is 27.2 Å². The Hall–Kier alpha value is -2.41. The van der Waals surface area contributed by atoms with Gasteiger partial charge in [0.05, 0.1) is 11.1 Å². The van der Waals surface area contributed by atoms with Crippen molar-refractivity contribution in [3.05, 3.63) is 65.0 Å². The third kappa shape index (κ3) is 5.07. The molecule has 7 heteroatoms. The Kier molecular flexibility index (Phi) is 5.33. The fourth-order valence-corrected chi connectivity index (χ4v) is 2.05. The molecular formula is C16H15F3N2O2. The van der Waals surface area contributed by atoms with Crippen LogP contribution in [0.4, 0.5) is 13.2 Å². The first-order valence-corrected chi connectivity index (χ1v) is 6.91. The molecule has 0 atom stereocenters. The van der Waals surface area contributed by atoms with Crippen molar-refractivity contribution in [2.45, 2.75) is 19.1 Å². The lowest BCUT2D eigenvalue weighted by Gasteiger charge is -2.09. The van der Waals surface area contributed by atoms with Crippen molar-refractivity contribution >= 4 is 5.97 Å². The Morgan fingerprint density at radius 2 is 2.00 bits per heavy atom. The summed E-state index contributed by atoms with van der Waals surface area (Å²) in [6.45, 7) is 0.867. The topological polar surface area (TPSA) is 62.2 Å². The predicted molar refractivity (Wildman–Crippen MR) is 78.1 cm³/mol. The third-order valence-corrected chi connectivity index (χ3v) is 3.20. The molecular weight excluding hydrogens is 309 g/mol. The quantitative estimate of drug-likeness (QED) is 0.802. The van der Waals surface area contributed by atoms with Gasteiger partial charge in [-0.2, -0.15) is 13.2 Å². The molecule has 0 radical (unpaired) electrons. The van der Waals surface area contributed by atoms with Gasteiger partial charge < -0.3 is 10.4 Å². The zero-order valence-corrected chi connectivity index (χ0v) is 12.1. The molecule has 122 valence electrons. The first-order chi connectivity index (χ1) is 10.9. The molecule has 0 aliphatic carbocycles. The molecule has 23 heavy (non-hydrogen) atoms. The molecule has 0 unspecified atom stereocenters. The lowest BCUT2D eigenvalue weighted by molar-refractivity contribution is -0.137. The zero-order chi connectivity index (χ0) is 16.9. The molecule has 0 amide bonds. The number of rotatable bonds is 6. The monoisotopic (exact) mass is 324 g/mol. The Labute approximate surface area is 131 Å². The summed E-state index contributed by atoms with van der Waals surface area (Å²) in [5.41, 5.74) is 0.633. The number of aromatic nitrogens is 1. The van der Waals surface area contributed by atoms with E-state index in [1.165, 1.54) is 6.07 Å². The van der Waals surface area contributed by atoms with Gasteiger partial charge in [-0.05, 0) is 29.8 Å². The number of aromatic carboxylic acids is 1. The third-order valence-electron chi connectivity index (χ3n) is 3.20. The van der Waals surface area contributed by atoms with Gasteiger partial charge in [-0.15, -0.1) is 0 Å². The van der Waals surface area contributed by atoms with E-state index in [1.807, 2.05) is 0 Å². The van der Waals surface area contributed by atoms with Gasteiger partial charge in [0, 0.05) is 31.4 Å². The largest absolute Gasteiger partial charge is 0.478 e. The second kappa shape index (κ2) is 7.23. The van der Waals surface area contributed by atoms with Crippen LogP contribution in [0.2, 0.25) is 0 Å². The molecule has 2 rings (SSSR count).